The second kappa shape index (κ2) is 8.58. The molecule has 0 amide bonds. The van der Waals surface area contributed by atoms with Crippen LogP contribution in [-0.2, 0) is 4.79 Å². The Labute approximate surface area is 110 Å². The lowest BCUT2D eigenvalue weighted by Crippen LogP contribution is -2.44. The number of Topliss-reactive ketones (excluding diaryl/α,β-unsaturated/α-hetero) is 1. The number of carbonyl (C=O) groups excluding carboxylic acids is 1. The van der Waals surface area contributed by atoms with E-state index in [9.17, 15) is 4.79 Å². The van der Waals surface area contributed by atoms with Crippen LogP contribution >= 0.6 is 0 Å². The summed E-state index contributed by atoms with van der Waals surface area (Å²) < 4.78 is 0. The van der Waals surface area contributed by atoms with Gasteiger partial charge in [-0.1, -0.05) is 13.3 Å². The second-order valence-corrected chi connectivity index (χ2v) is 5.14. The fraction of sp³-hybridized carbons (Fsp3) is 0.923. The quantitative estimate of drug-likeness (QED) is 0.496. The zero-order valence-electron chi connectivity index (χ0n) is 11.7. The molecular formula is C13H27N3O2. The molecule has 5 heteroatoms. The van der Waals surface area contributed by atoms with Crippen molar-refractivity contribution < 1.29 is 10.0 Å². The molecule has 1 rings (SSSR count). The van der Waals surface area contributed by atoms with Crippen LogP contribution in [0.25, 0.3) is 0 Å². The van der Waals surface area contributed by atoms with Gasteiger partial charge in [0.05, 0.1) is 6.04 Å². The summed E-state index contributed by atoms with van der Waals surface area (Å²) in [5, 5.41) is 8.92. The number of nitrogens with one attached hydrogen (secondary N) is 1. The molecule has 1 aliphatic rings. The molecule has 0 saturated carbocycles. The molecule has 0 radical (unpaired) electrons. The van der Waals surface area contributed by atoms with E-state index in [4.69, 9.17) is 5.21 Å². The average Bonchev–Trinajstić information content (AvgIpc) is 2.40. The molecule has 106 valence electrons. The van der Waals surface area contributed by atoms with Gasteiger partial charge in [0.15, 0.2) is 5.78 Å². The molecule has 0 unspecified atom stereocenters. The minimum absolute atomic E-state index is 0.0945. The fourth-order valence-corrected chi connectivity index (χ4v) is 2.30. The number of likely N-dealkylation sites (N-methyl/N-ethyl adjacent to an activating group) is 1. The van der Waals surface area contributed by atoms with Crippen LogP contribution in [0.4, 0.5) is 0 Å². The van der Waals surface area contributed by atoms with Crippen LogP contribution in [0.2, 0.25) is 0 Å². The molecule has 1 aliphatic heterocycles. The first-order valence-electron chi connectivity index (χ1n) is 7.00. The molecule has 0 aromatic rings. The fourth-order valence-electron chi connectivity index (χ4n) is 2.30. The lowest BCUT2D eigenvalue weighted by molar-refractivity contribution is -0.123. The van der Waals surface area contributed by atoms with Gasteiger partial charge in [0.2, 0.25) is 0 Å². The van der Waals surface area contributed by atoms with Gasteiger partial charge in [-0.15, -0.1) is 0 Å². The molecule has 0 bridgehead atoms. The smallest absolute Gasteiger partial charge is 0.151 e. The van der Waals surface area contributed by atoms with Crippen LogP contribution in [0.1, 0.15) is 32.6 Å². The van der Waals surface area contributed by atoms with Gasteiger partial charge in [-0.3, -0.25) is 4.79 Å². The van der Waals surface area contributed by atoms with Gasteiger partial charge >= 0.3 is 0 Å². The summed E-state index contributed by atoms with van der Waals surface area (Å²) in [6, 6.07) is -0.373. The standard InChI is InChI=1S/C13H27N3O2/c1-3-13(17)12(14-18)6-4-5-7-16-10-8-15(2)9-11-16/h12,14,18H,3-11H2,1-2H3/t12-/m0/s1. The highest BCUT2D eigenvalue weighted by Gasteiger charge is 2.16. The number of rotatable bonds is 8. The molecule has 1 heterocycles. The average molecular weight is 257 g/mol. The van der Waals surface area contributed by atoms with E-state index in [1.807, 2.05) is 6.92 Å². The third kappa shape index (κ3) is 5.44. The highest BCUT2D eigenvalue weighted by Crippen LogP contribution is 2.06. The number of carbonyl (C=O) groups is 1. The summed E-state index contributed by atoms with van der Waals surface area (Å²) in [5.41, 5.74) is 2.13. The van der Waals surface area contributed by atoms with E-state index in [-0.39, 0.29) is 11.8 Å². The van der Waals surface area contributed by atoms with E-state index in [0.29, 0.717) is 6.42 Å². The van der Waals surface area contributed by atoms with Crippen molar-refractivity contribution >= 4 is 5.78 Å². The number of nitrogens with zero attached hydrogens (tertiary/aromatic N) is 2. The number of piperazine rings is 1. The maximum absolute atomic E-state index is 11.4. The van der Waals surface area contributed by atoms with Crippen LogP contribution < -0.4 is 5.48 Å². The summed E-state index contributed by atoms with van der Waals surface area (Å²) in [4.78, 5) is 16.3. The summed E-state index contributed by atoms with van der Waals surface area (Å²) in [5.74, 6) is 0.0945. The van der Waals surface area contributed by atoms with Gasteiger partial charge in [0.1, 0.15) is 0 Å². The molecular weight excluding hydrogens is 230 g/mol. The van der Waals surface area contributed by atoms with Crippen molar-refractivity contribution in [1.82, 2.24) is 15.3 Å². The van der Waals surface area contributed by atoms with E-state index < -0.39 is 0 Å². The number of hydroxylamine groups is 1. The zero-order valence-corrected chi connectivity index (χ0v) is 11.7. The predicted molar refractivity (Wildman–Crippen MR) is 71.8 cm³/mol. The summed E-state index contributed by atoms with van der Waals surface area (Å²) in [7, 11) is 2.16. The number of hydrogen-bond donors (Lipinski definition) is 2. The largest absolute Gasteiger partial charge is 0.316 e. The van der Waals surface area contributed by atoms with E-state index in [1.165, 1.54) is 0 Å². The molecule has 0 aliphatic carbocycles. The van der Waals surface area contributed by atoms with Gasteiger partial charge in [-0.25, -0.2) is 0 Å². The lowest BCUT2D eigenvalue weighted by Gasteiger charge is -2.32. The van der Waals surface area contributed by atoms with Crippen LogP contribution in [0.5, 0.6) is 0 Å². The zero-order chi connectivity index (χ0) is 13.4. The topological polar surface area (TPSA) is 55.8 Å². The molecule has 0 aromatic heterocycles. The maximum Gasteiger partial charge on any atom is 0.151 e. The van der Waals surface area contributed by atoms with Crippen molar-refractivity contribution in [3.8, 4) is 0 Å². The molecule has 5 nitrogen and oxygen atoms in total. The number of ketones is 1. The molecule has 1 saturated heterocycles. The van der Waals surface area contributed by atoms with Crippen LogP contribution in [-0.4, -0.2) is 66.6 Å². The van der Waals surface area contributed by atoms with Crippen LogP contribution in [0.3, 0.4) is 0 Å². The maximum atomic E-state index is 11.4. The molecule has 0 spiro atoms. The third-order valence-corrected chi connectivity index (χ3v) is 3.71. The molecule has 0 aromatic carbocycles. The molecule has 18 heavy (non-hydrogen) atoms. The highest BCUT2D eigenvalue weighted by molar-refractivity contribution is 5.83. The Balaban J connectivity index is 2.08. The molecule has 2 N–H and O–H groups in total. The van der Waals surface area contributed by atoms with E-state index in [2.05, 4.69) is 22.3 Å². The van der Waals surface area contributed by atoms with Gasteiger partial charge in [-0.2, -0.15) is 5.48 Å². The van der Waals surface area contributed by atoms with E-state index in [1.54, 1.807) is 0 Å². The number of hydrogen-bond acceptors (Lipinski definition) is 5. The van der Waals surface area contributed by atoms with Crippen molar-refractivity contribution in [2.45, 2.75) is 38.6 Å². The van der Waals surface area contributed by atoms with Gasteiger partial charge in [-0.05, 0) is 26.4 Å². The van der Waals surface area contributed by atoms with Gasteiger partial charge < -0.3 is 15.0 Å². The van der Waals surface area contributed by atoms with Crippen molar-refractivity contribution in [3.05, 3.63) is 0 Å². The normalized spacial score (nSPS) is 19.9. The Morgan fingerprint density at radius 2 is 1.94 bits per heavy atom. The Morgan fingerprint density at radius 1 is 1.28 bits per heavy atom. The summed E-state index contributed by atoms with van der Waals surface area (Å²) in [6.45, 7) is 7.52. The van der Waals surface area contributed by atoms with E-state index >= 15 is 0 Å². The summed E-state index contributed by atoms with van der Waals surface area (Å²) >= 11 is 0. The Morgan fingerprint density at radius 3 is 2.50 bits per heavy atom. The minimum Gasteiger partial charge on any atom is -0.316 e. The second-order valence-electron chi connectivity index (χ2n) is 5.14. The lowest BCUT2D eigenvalue weighted by atomic mass is 10.0. The first-order valence-corrected chi connectivity index (χ1v) is 7.00. The van der Waals surface area contributed by atoms with Crippen molar-refractivity contribution in [1.29, 1.82) is 0 Å². The Kier molecular flexibility index (Phi) is 7.42. The minimum atomic E-state index is -0.373. The van der Waals surface area contributed by atoms with Crippen molar-refractivity contribution in [2.24, 2.45) is 0 Å². The Hall–Kier alpha value is -0.490. The highest BCUT2D eigenvalue weighted by atomic mass is 16.5. The van der Waals surface area contributed by atoms with Gasteiger partial charge in [0, 0.05) is 32.6 Å². The first-order chi connectivity index (χ1) is 8.67. The third-order valence-electron chi connectivity index (χ3n) is 3.71. The predicted octanol–water partition coefficient (Wildman–Crippen LogP) is 0.731. The molecule has 1 atom stereocenters. The SMILES string of the molecule is CCC(=O)[C@H](CCCCN1CCN(C)CC1)NO. The number of unbranched alkanes of at least 4 members (excludes halogenated alkanes) is 1. The van der Waals surface area contributed by atoms with Crippen molar-refractivity contribution in [3.63, 3.8) is 0 Å². The first kappa shape index (κ1) is 15.6. The van der Waals surface area contributed by atoms with Crippen molar-refractivity contribution in [2.75, 3.05) is 39.8 Å². The Bertz CT molecular complexity index is 240. The van der Waals surface area contributed by atoms with Gasteiger partial charge in [0.25, 0.3) is 0 Å². The van der Waals surface area contributed by atoms with Crippen LogP contribution in [0, 0.1) is 0 Å². The monoisotopic (exact) mass is 257 g/mol. The molecule has 1 fully saturated rings. The van der Waals surface area contributed by atoms with Crippen LogP contribution in [0.15, 0.2) is 0 Å². The summed E-state index contributed by atoms with van der Waals surface area (Å²) in [6.07, 6.45) is 3.29. The van der Waals surface area contributed by atoms with E-state index in [0.717, 1.165) is 52.0 Å².